The van der Waals surface area contributed by atoms with E-state index in [1.54, 1.807) is 0 Å². The molecule has 47 heavy (non-hydrogen) atoms. The summed E-state index contributed by atoms with van der Waals surface area (Å²) in [6, 6.07) is 57.8. The maximum Gasteiger partial charge on any atom is 0.143 e. The maximum atomic E-state index is 6.59. The highest BCUT2D eigenvalue weighted by molar-refractivity contribution is 6.19. The molecule has 0 unspecified atom stereocenters. The smallest absolute Gasteiger partial charge is 0.143 e. The Morgan fingerprint density at radius 3 is 1.79 bits per heavy atom. The van der Waals surface area contributed by atoms with Crippen LogP contribution in [0.2, 0.25) is 0 Å². The van der Waals surface area contributed by atoms with Crippen LogP contribution in [0, 0.1) is 0 Å². The molecule has 0 saturated carbocycles. The van der Waals surface area contributed by atoms with Crippen molar-refractivity contribution in [2.45, 2.75) is 0 Å². The van der Waals surface area contributed by atoms with Crippen LogP contribution in [0.25, 0.3) is 76.5 Å². The molecule has 0 radical (unpaired) electrons. The first-order valence-electron chi connectivity index (χ1n) is 15.9. The number of benzene rings is 8. The van der Waals surface area contributed by atoms with E-state index in [0.29, 0.717) is 0 Å². The van der Waals surface area contributed by atoms with Gasteiger partial charge >= 0.3 is 0 Å². The summed E-state index contributed by atoms with van der Waals surface area (Å²) in [5, 5.41) is 9.21. The van der Waals surface area contributed by atoms with E-state index in [9.17, 15) is 0 Å². The number of hydrogen-bond acceptors (Lipinski definition) is 3. The molecule has 8 aromatic carbocycles. The van der Waals surface area contributed by atoms with Gasteiger partial charge in [0.2, 0.25) is 0 Å². The Hall–Kier alpha value is -6.32. The van der Waals surface area contributed by atoms with E-state index in [1.165, 1.54) is 21.5 Å². The molecular formula is C44H27NO2. The van der Waals surface area contributed by atoms with Gasteiger partial charge < -0.3 is 13.7 Å². The van der Waals surface area contributed by atoms with E-state index in [2.05, 4.69) is 144 Å². The Kier molecular flexibility index (Phi) is 5.57. The third kappa shape index (κ3) is 3.87. The van der Waals surface area contributed by atoms with Crippen molar-refractivity contribution in [1.29, 1.82) is 0 Å². The van der Waals surface area contributed by atoms with Crippen LogP contribution in [-0.2, 0) is 0 Å². The summed E-state index contributed by atoms with van der Waals surface area (Å²) < 4.78 is 13.0. The Bertz CT molecular complexity index is 2820. The highest BCUT2D eigenvalue weighted by Crippen LogP contribution is 2.49. The van der Waals surface area contributed by atoms with Gasteiger partial charge in [-0.2, -0.15) is 0 Å². The van der Waals surface area contributed by atoms with Crippen molar-refractivity contribution in [2.75, 3.05) is 4.90 Å². The summed E-state index contributed by atoms with van der Waals surface area (Å²) in [6.07, 6.45) is 0. The summed E-state index contributed by atoms with van der Waals surface area (Å²) in [5.41, 5.74) is 8.84. The van der Waals surface area contributed by atoms with Crippen LogP contribution in [0.15, 0.2) is 173 Å². The van der Waals surface area contributed by atoms with Gasteiger partial charge in [-0.25, -0.2) is 0 Å². The monoisotopic (exact) mass is 601 g/mol. The van der Waals surface area contributed by atoms with Gasteiger partial charge in [0.15, 0.2) is 0 Å². The molecule has 0 fully saturated rings. The highest BCUT2D eigenvalue weighted by Gasteiger charge is 2.25. The largest absolute Gasteiger partial charge is 0.456 e. The van der Waals surface area contributed by atoms with Crippen molar-refractivity contribution in [3.05, 3.63) is 164 Å². The van der Waals surface area contributed by atoms with Gasteiger partial charge in [-0.15, -0.1) is 0 Å². The fraction of sp³-hybridized carbons (Fsp3) is 0. The lowest BCUT2D eigenvalue weighted by atomic mass is 9.96. The minimum Gasteiger partial charge on any atom is -0.456 e. The van der Waals surface area contributed by atoms with E-state index in [1.807, 2.05) is 24.3 Å². The average molecular weight is 602 g/mol. The fourth-order valence-electron chi connectivity index (χ4n) is 7.41. The van der Waals surface area contributed by atoms with Gasteiger partial charge in [-0.3, -0.25) is 0 Å². The lowest BCUT2D eigenvalue weighted by Gasteiger charge is -2.30. The number of rotatable bonds is 4. The molecule has 10 aromatic rings. The van der Waals surface area contributed by atoms with Crippen molar-refractivity contribution in [3.8, 4) is 11.1 Å². The number of hydrogen-bond donors (Lipinski definition) is 0. The topological polar surface area (TPSA) is 29.5 Å². The van der Waals surface area contributed by atoms with Gasteiger partial charge in [0.25, 0.3) is 0 Å². The molecule has 2 heterocycles. The van der Waals surface area contributed by atoms with E-state index in [0.717, 1.165) is 72.1 Å². The van der Waals surface area contributed by atoms with Crippen molar-refractivity contribution < 1.29 is 8.83 Å². The molecule has 2 aromatic heterocycles. The molecule has 0 N–H and O–H groups in total. The Morgan fingerprint density at radius 2 is 0.915 bits per heavy atom. The number of fused-ring (bicyclic) bond motifs is 9. The predicted octanol–water partition coefficient (Wildman–Crippen LogP) is 12.9. The lowest BCUT2D eigenvalue weighted by Crippen LogP contribution is -2.12. The molecule has 0 aliphatic rings. The second kappa shape index (κ2) is 10.1. The molecule has 0 atom stereocenters. The molecule has 0 aliphatic heterocycles. The first-order chi connectivity index (χ1) is 23.3. The minimum atomic E-state index is 0.857. The van der Waals surface area contributed by atoms with Crippen molar-refractivity contribution in [1.82, 2.24) is 0 Å². The first-order valence-corrected chi connectivity index (χ1v) is 15.9. The quantitative estimate of drug-likeness (QED) is 0.188. The summed E-state index contributed by atoms with van der Waals surface area (Å²) in [7, 11) is 0. The molecule has 0 aliphatic carbocycles. The van der Waals surface area contributed by atoms with E-state index in [-0.39, 0.29) is 0 Å². The molecule has 0 spiro atoms. The molecule has 3 nitrogen and oxygen atoms in total. The number of anilines is 3. The SMILES string of the molecule is c1ccc(N(c2cc3ccccc3c3ccccc23)c2cccc3oc4ccccc4c23)c(-c2cccc3c2oc2ccccc23)c1. The van der Waals surface area contributed by atoms with Gasteiger partial charge in [0, 0.05) is 32.7 Å². The minimum absolute atomic E-state index is 0.857. The fourth-order valence-corrected chi connectivity index (χ4v) is 7.41. The van der Waals surface area contributed by atoms with Crippen LogP contribution < -0.4 is 4.90 Å². The third-order valence-electron chi connectivity index (χ3n) is 9.45. The van der Waals surface area contributed by atoms with Crippen molar-refractivity contribution in [2.24, 2.45) is 0 Å². The Balaban J connectivity index is 1.35. The van der Waals surface area contributed by atoms with Gasteiger partial charge in [-0.05, 0) is 52.6 Å². The summed E-state index contributed by atoms with van der Waals surface area (Å²) in [5.74, 6) is 0. The van der Waals surface area contributed by atoms with Crippen LogP contribution in [0.3, 0.4) is 0 Å². The van der Waals surface area contributed by atoms with Crippen LogP contribution in [0.5, 0.6) is 0 Å². The number of nitrogens with zero attached hydrogens (tertiary/aromatic N) is 1. The Labute approximate surface area is 270 Å². The second-order valence-electron chi connectivity index (χ2n) is 12.0. The van der Waals surface area contributed by atoms with E-state index in [4.69, 9.17) is 8.83 Å². The molecule has 3 heteroatoms. The van der Waals surface area contributed by atoms with Crippen molar-refractivity contribution in [3.63, 3.8) is 0 Å². The zero-order valence-corrected chi connectivity index (χ0v) is 25.4. The predicted molar refractivity (Wildman–Crippen MR) is 196 cm³/mol. The van der Waals surface area contributed by atoms with E-state index >= 15 is 0 Å². The molecule has 220 valence electrons. The molecule has 10 rings (SSSR count). The zero-order chi connectivity index (χ0) is 30.9. The first kappa shape index (κ1) is 26.0. The zero-order valence-electron chi connectivity index (χ0n) is 25.4. The van der Waals surface area contributed by atoms with Crippen LogP contribution in [-0.4, -0.2) is 0 Å². The maximum absolute atomic E-state index is 6.59. The molecule has 0 bridgehead atoms. The van der Waals surface area contributed by atoms with Gasteiger partial charge in [0.1, 0.15) is 22.3 Å². The molecular weight excluding hydrogens is 574 g/mol. The molecule has 0 amide bonds. The highest BCUT2D eigenvalue weighted by atomic mass is 16.3. The van der Waals surface area contributed by atoms with E-state index < -0.39 is 0 Å². The third-order valence-corrected chi connectivity index (χ3v) is 9.45. The normalized spacial score (nSPS) is 11.8. The number of furan rings is 2. The standard InChI is InChI=1S/C44H27NO2/c1-2-14-29-28(13-1)27-39(31-16-4-3-15-30(29)31)45(38-23-12-26-42-43(38)36-19-7-10-25-41(36)46-42)37-22-8-5-17-32(37)34-20-11-21-35-33-18-6-9-24-40(33)47-44(34)35/h1-27H. The second-order valence-corrected chi connectivity index (χ2v) is 12.0. The van der Waals surface area contributed by atoms with Gasteiger partial charge in [-0.1, -0.05) is 127 Å². The van der Waals surface area contributed by atoms with Crippen LogP contribution in [0.1, 0.15) is 0 Å². The van der Waals surface area contributed by atoms with Gasteiger partial charge in [0.05, 0.1) is 22.4 Å². The van der Waals surface area contributed by atoms with Crippen LogP contribution >= 0.6 is 0 Å². The summed E-state index contributed by atoms with van der Waals surface area (Å²) in [6.45, 7) is 0. The lowest BCUT2D eigenvalue weighted by molar-refractivity contribution is 0.669. The Morgan fingerprint density at radius 1 is 0.340 bits per heavy atom. The summed E-state index contributed by atoms with van der Waals surface area (Å²) >= 11 is 0. The molecule has 0 saturated heterocycles. The number of para-hydroxylation sites is 4. The van der Waals surface area contributed by atoms with Crippen LogP contribution in [0.4, 0.5) is 17.1 Å². The summed E-state index contributed by atoms with van der Waals surface area (Å²) in [4.78, 5) is 2.43. The van der Waals surface area contributed by atoms with Crippen molar-refractivity contribution >= 4 is 82.5 Å². The average Bonchev–Trinajstić information content (AvgIpc) is 3.71.